The fraction of sp³-hybridized carbons (Fsp3) is 0.545. The third kappa shape index (κ3) is 2.88. The minimum atomic E-state index is 0.522. The van der Waals surface area contributed by atoms with Crippen molar-refractivity contribution in [3.05, 3.63) is 23.4 Å². The molecule has 0 amide bonds. The first kappa shape index (κ1) is 11.3. The summed E-state index contributed by atoms with van der Waals surface area (Å²) in [5.74, 6) is 0.982. The van der Waals surface area contributed by atoms with E-state index >= 15 is 0 Å². The van der Waals surface area contributed by atoms with Gasteiger partial charge in [-0.3, -0.25) is 0 Å². The van der Waals surface area contributed by atoms with Crippen LogP contribution in [0, 0.1) is 0 Å². The van der Waals surface area contributed by atoms with Gasteiger partial charge in [-0.15, -0.1) is 0 Å². The maximum absolute atomic E-state index is 5.78. The molecule has 0 radical (unpaired) electrons. The lowest BCUT2D eigenvalue weighted by Gasteiger charge is -2.25. The smallest absolute Gasteiger partial charge is 0.128 e. The summed E-state index contributed by atoms with van der Waals surface area (Å²) in [7, 11) is 2.07. The molecule has 78 valence electrons. The standard InChI is InChI=1S/C11H17ClN2/c1-4-5-9(2)14(3)11-7-6-10(12)8-13-11/h6-9H,4-5H2,1-3H3. The third-order valence-electron chi connectivity index (χ3n) is 2.44. The summed E-state index contributed by atoms with van der Waals surface area (Å²) in [4.78, 5) is 6.46. The molecule has 1 aromatic rings. The highest BCUT2D eigenvalue weighted by Crippen LogP contribution is 2.16. The number of hydrogen-bond donors (Lipinski definition) is 0. The first-order valence-corrected chi connectivity index (χ1v) is 5.37. The van der Waals surface area contributed by atoms with E-state index in [9.17, 15) is 0 Å². The van der Waals surface area contributed by atoms with Crippen LogP contribution in [0.5, 0.6) is 0 Å². The van der Waals surface area contributed by atoms with E-state index in [2.05, 4.69) is 30.8 Å². The molecule has 3 heteroatoms. The van der Waals surface area contributed by atoms with Crippen molar-refractivity contribution in [1.29, 1.82) is 0 Å². The lowest BCUT2D eigenvalue weighted by atomic mass is 10.2. The predicted octanol–water partition coefficient (Wildman–Crippen LogP) is 3.36. The lowest BCUT2D eigenvalue weighted by molar-refractivity contribution is 0.611. The number of anilines is 1. The van der Waals surface area contributed by atoms with E-state index in [0.29, 0.717) is 11.1 Å². The number of rotatable bonds is 4. The van der Waals surface area contributed by atoms with Crippen molar-refractivity contribution in [3.8, 4) is 0 Å². The summed E-state index contributed by atoms with van der Waals surface area (Å²) in [6.45, 7) is 4.40. The lowest BCUT2D eigenvalue weighted by Crippen LogP contribution is -2.29. The van der Waals surface area contributed by atoms with Crippen molar-refractivity contribution in [3.63, 3.8) is 0 Å². The number of halogens is 1. The van der Waals surface area contributed by atoms with Crippen LogP contribution in [0.25, 0.3) is 0 Å². The molecule has 1 heterocycles. The molecule has 2 nitrogen and oxygen atoms in total. The van der Waals surface area contributed by atoms with Gasteiger partial charge < -0.3 is 4.90 Å². The molecule has 1 unspecified atom stereocenters. The Kier molecular flexibility index (Phi) is 4.21. The zero-order chi connectivity index (χ0) is 10.6. The Morgan fingerprint density at radius 2 is 2.21 bits per heavy atom. The zero-order valence-corrected chi connectivity index (χ0v) is 9.75. The van der Waals surface area contributed by atoms with Gasteiger partial charge in [-0.05, 0) is 25.5 Å². The second-order valence-corrected chi connectivity index (χ2v) is 4.02. The van der Waals surface area contributed by atoms with E-state index in [4.69, 9.17) is 11.6 Å². The van der Waals surface area contributed by atoms with Crippen molar-refractivity contribution in [2.75, 3.05) is 11.9 Å². The Bertz CT molecular complexity index is 271. The van der Waals surface area contributed by atoms with E-state index in [0.717, 1.165) is 5.82 Å². The molecule has 0 aliphatic rings. The Balaban J connectivity index is 2.68. The van der Waals surface area contributed by atoms with Crippen LogP contribution in [0.15, 0.2) is 18.3 Å². The molecular weight excluding hydrogens is 196 g/mol. The topological polar surface area (TPSA) is 16.1 Å². The van der Waals surface area contributed by atoms with Crippen molar-refractivity contribution in [2.45, 2.75) is 32.7 Å². The predicted molar refractivity (Wildman–Crippen MR) is 62.0 cm³/mol. The molecule has 0 bridgehead atoms. The van der Waals surface area contributed by atoms with Gasteiger partial charge in [0.25, 0.3) is 0 Å². The highest BCUT2D eigenvalue weighted by Gasteiger charge is 2.09. The molecule has 0 aliphatic carbocycles. The molecule has 0 aromatic carbocycles. The van der Waals surface area contributed by atoms with Crippen LogP contribution in [-0.2, 0) is 0 Å². The Morgan fingerprint density at radius 1 is 1.50 bits per heavy atom. The molecular formula is C11H17ClN2. The van der Waals surface area contributed by atoms with Crippen molar-refractivity contribution in [1.82, 2.24) is 4.98 Å². The second kappa shape index (κ2) is 5.20. The van der Waals surface area contributed by atoms with Gasteiger partial charge in [0.2, 0.25) is 0 Å². The molecule has 0 N–H and O–H groups in total. The van der Waals surface area contributed by atoms with E-state index in [1.54, 1.807) is 6.20 Å². The SMILES string of the molecule is CCCC(C)N(C)c1ccc(Cl)cn1. The van der Waals surface area contributed by atoms with Crippen molar-refractivity contribution in [2.24, 2.45) is 0 Å². The van der Waals surface area contributed by atoms with E-state index in [1.807, 2.05) is 12.1 Å². The first-order valence-electron chi connectivity index (χ1n) is 4.99. The fourth-order valence-electron chi connectivity index (χ4n) is 1.41. The summed E-state index contributed by atoms with van der Waals surface area (Å²) in [5.41, 5.74) is 0. The maximum atomic E-state index is 5.78. The zero-order valence-electron chi connectivity index (χ0n) is 9.00. The summed E-state index contributed by atoms with van der Waals surface area (Å²) in [6.07, 6.45) is 4.06. The van der Waals surface area contributed by atoms with Crippen molar-refractivity contribution >= 4 is 17.4 Å². The van der Waals surface area contributed by atoms with Gasteiger partial charge in [0.05, 0.1) is 5.02 Å². The third-order valence-corrected chi connectivity index (χ3v) is 2.66. The van der Waals surface area contributed by atoms with Gasteiger partial charge in [0, 0.05) is 19.3 Å². The highest BCUT2D eigenvalue weighted by molar-refractivity contribution is 6.30. The summed E-state index contributed by atoms with van der Waals surface area (Å²) in [6, 6.07) is 4.35. The molecule has 14 heavy (non-hydrogen) atoms. The van der Waals surface area contributed by atoms with Crippen LogP contribution in [0.4, 0.5) is 5.82 Å². The molecule has 0 fully saturated rings. The van der Waals surface area contributed by atoms with Crippen LogP contribution in [0.3, 0.4) is 0 Å². The number of pyridine rings is 1. The second-order valence-electron chi connectivity index (χ2n) is 3.58. The van der Waals surface area contributed by atoms with Gasteiger partial charge in [0.1, 0.15) is 5.82 Å². The van der Waals surface area contributed by atoms with Crippen LogP contribution < -0.4 is 4.90 Å². The van der Waals surface area contributed by atoms with Gasteiger partial charge in [-0.25, -0.2) is 4.98 Å². The largest absolute Gasteiger partial charge is 0.357 e. The molecule has 0 aliphatic heterocycles. The first-order chi connectivity index (χ1) is 6.65. The van der Waals surface area contributed by atoms with Gasteiger partial charge in [-0.1, -0.05) is 24.9 Å². The average Bonchev–Trinajstić information content (AvgIpc) is 2.18. The monoisotopic (exact) mass is 212 g/mol. The van der Waals surface area contributed by atoms with E-state index in [1.165, 1.54) is 12.8 Å². The molecule has 0 spiro atoms. The van der Waals surface area contributed by atoms with Crippen LogP contribution >= 0.6 is 11.6 Å². The van der Waals surface area contributed by atoms with Gasteiger partial charge in [0.15, 0.2) is 0 Å². The summed E-state index contributed by atoms with van der Waals surface area (Å²) < 4.78 is 0. The summed E-state index contributed by atoms with van der Waals surface area (Å²) in [5, 5.41) is 0.685. The normalized spacial score (nSPS) is 12.6. The van der Waals surface area contributed by atoms with Crippen LogP contribution in [0.2, 0.25) is 5.02 Å². The fourth-order valence-corrected chi connectivity index (χ4v) is 1.53. The maximum Gasteiger partial charge on any atom is 0.128 e. The van der Waals surface area contributed by atoms with Gasteiger partial charge >= 0.3 is 0 Å². The summed E-state index contributed by atoms with van der Waals surface area (Å²) >= 11 is 5.78. The van der Waals surface area contributed by atoms with E-state index < -0.39 is 0 Å². The minimum Gasteiger partial charge on any atom is -0.357 e. The molecule has 0 saturated carbocycles. The number of nitrogens with zero attached hydrogens (tertiary/aromatic N) is 2. The molecule has 1 aromatic heterocycles. The Labute approximate surface area is 90.9 Å². The number of aromatic nitrogens is 1. The quantitative estimate of drug-likeness (QED) is 0.761. The molecule has 1 atom stereocenters. The number of hydrogen-bond acceptors (Lipinski definition) is 2. The minimum absolute atomic E-state index is 0.522. The van der Waals surface area contributed by atoms with Crippen LogP contribution in [0.1, 0.15) is 26.7 Å². The molecule has 0 saturated heterocycles. The van der Waals surface area contributed by atoms with Crippen molar-refractivity contribution < 1.29 is 0 Å². The Morgan fingerprint density at radius 3 is 2.71 bits per heavy atom. The van der Waals surface area contributed by atoms with Gasteiger partial charge in [-0.2, -0.15) is 0 Å². The van der Waals surface area contributed by atoms with E-state index in [-0.39, 0.29) is 0 Å². The molecule has 1 rings (SSSR count). The highest BCUT2D eigenvalue weighted by atomic mass is 35.5. The van der Waals surface area contributed by atoms with Crippen LogP contribution in [-0.4, -0.2) is 18.1 Å². The average molecular weight is 213 g/mol. The Hall–Kier alpha value is -0.760.